The van der Waals surface area contributed by atoms with E-state index in [4.69, 9.17) is 9.47 Å². The zero-order valence-corrected chi connectivity index (χ0v) is 36.0. The molecule has 0 bridgehead atoms. The minimum Gasteiger partial charge on any atom is -0.497 e. The van der Waals surface area contributed by atoms with E-state index < -0.39 is 19.2 Å². The van der Waals surface area contributed by atoms with Gasteiger partial charge in [-0.25, -0.2) is 0 Å². The SMILES string of the molecule is COc1ccc([Si](C)(C)[C@H]2[C@H](CCn3cc(CCO)nn3)O[C@@]3(C(=O)N(Cc4ccccc4)c4ccc(N5CN(c6ccccc6)C6(CCNCC6)C5=O)cc43)[C@@H]2C)cc1. The maximum absolute atomic E-state index is 15.6. The van der Waals surface area contributed by atoms with Crippen LogP contribution in [0.2, 0.25) is 18.6 Å². The predicted molar refractivity (Wildman–Crippen MR) is 235 cm³/mol. The molecule has 0 unspecified atom stereocenters. The van der Waals surface area contributed by atoms with Crippen LogP contribution in [0.4, 0.5) is 17.1 Å². The van der Waals surface area contributed by atoms with Crippen molar-refractivity contribution in [2.45, 2.75) is 81.6 Å². The Hall–Kier alpha value is -5.34. The minimum absolute atomic E-state index is 0.00266. The topological polar surface area (TPSA) is 125 Å². The number of hydrogen-bond donors (Lipinski definition) is 2. The molecule has 312 valence electrons. The first-order chi connectivity index (χ1) is 29.1. The number of benzene rings is 4. The zero-order chi connectivity index (χ0) is 41.6. The molecule has 4 atom stereocenters. The van der Waals surface area contributed by atoms with Gasteiger partial charge in [0.1, 0.15) is 11.3 Å². The molecule has 5 heterocycles. The van der Waals surface area contributed by atoms with Crippen molar-refractivity contribution in [2.75, 3.05) is 48.2 Å². The molecule has 12 nitrogen and oxygen atoms in total. The third-order valence-corrected chi connectivity index (χ3v) is 18.2. The van der Waals surface area contributed by atoms with E-state index in [1.54, 1.807) is 7.11 Å². The van der Waals surface area contributed by atoms with Crippen LogP contribution in [0.15, 0.2) is 109 Å². The summed E-state index contributed by atoms with van der Waals surface area (Å²) in [6, 6.07) is 34.9. The second-order valence-corrected chi connectivity index (χ2v) is 22.1. The summed E-state index contributed by atoms with van der Waals surface area (Å²) in [4.78, 5) is 36.7. The van der Waals surface area contributed by atoms with Gasteiger partial charge in [-0.2, -0.15) is 0 Å². The molecule has 0 radical (unpaired) electrons. The third kappa shape index (κ3) is 6.62. The number of nitrogens with zero attached hydrogens (tertiary/aromatic N) is 6. The Morgan fingerprint density at radius 3 is 2.33 bits per heavy atom. The summed E-state index contributed by atoms with van der Waals surface area (Å²) >= 11 is 0. The van der Waals surface area contributed by atoms with Gasteiger partial charge in [-0.3, -0.25) is 19.2 Å². The number of rotatable bonds is 12. The third-order valence-electron chi connectivity index (χ3n) is 13.9. The summed E-state index contributed by atoms with van der Waals surface area (Å²) in [6.45, 7) is 9.85. The number of nitrogens with one attached hydrogen (secondary N) is 1. The van der Waals surface area contributed by atoms with Crippen LogP contribution in [0.25, 0.3) is 0 Å². The summed E-state index contributed by atoms with van der Waals surface area (Å²) < 4.78 is 14.9. The number of carbonyl (C=O) groups is 2. The Balaban J connectivity index is 1.15. The summed E-state index contributed by atoms with van der Waals surface area (Å²) in [5.74, 6) is 0.595. The smallest absolute Gasteiger partial charge is 0.264 e. The molecular weight excluding hydrogens is 771 g/mol. The molecular formula is C47H55N7O5Si. The standard InChI is InChI=1S/C47H55N7O5Si/c1-33-43(60(3,4)39-18-16-38(58-2)17-19-39)42(21-27-51-31-35(22-28-55)49-50-51)59-47(33)40-29-37(15-20-41(40)52(45(47)57)30-34-11-7-5-8-12-34)53-32-54(36-13-9-6-10-14-36)46(44(53)56)23-25-48-26-24-46/h5-20,29,31,33,42-43,48,55H,21-28,30,32H2,1-4H3/t33-,42+,43-,47+/m1/s1. The first-order valence-corrected chi connectivity index (χ1v) is 24.4. The van der Waals surface area contributed by atoms with Gasteiger partial charge in [0.2, 0.25) is 0 Å². The number of amides is 2. The molecule has 4 aromatic carbocycles. The molecule has 0 saturated carbocycles. The van der Waals surface area contributed by atoms with Crippen LogP contribution in [0.3, 0.4) is 0 Å². The summed E-state index contributed by atoms with van der Waals surface area (Å²) in [7, 11) is -0.744. The Kier molecular flexibility index (Phi) is 10.6. The molecule has 13 heteroatoms. The van der Waals surface area contributed by atoms with Crippen molar-refractivity contribution in [3.8, 4) is 5.75 Å². The maximum Gasteiger partial charge on any atom is 0.264 e. The normalized spacial score (nSPS) is 23.6. The molecule has 5 aromatic rings. The predicted octanol–water partition coefficient (Wildman–Crippen LogP) is 5.61. The van der Waals surface area contributed by atoms with Crippen LogP contribution in [-0.2, 0) is 39.4 Å². The number of anilines is 3. The second-order valence-electron chi connectivity index (χ2n) is 17.4. The largest absolute Gasteiger partial charge is 0.497 e. The van der Waals surface area contributed by atoms with E-state index in [2.05, 4.69) is 83.0 Å². The van der Waals surface area contributed by atoms with Crippen LogP contribution in [0.1, 0.15) is 43.0 Å². The van der Waals surface area contributed by atoms with E-state index in [0.29, 0.717) is 45.4 Å². The molecule has 3 saturated heterocycles. The number of aliphatic hydroxyl groups is 1. The van der Waals surface area contributed by atoms with Crippen molar-refractivity contribution in [1.29, 1.82) is 0 Å². The van der Waals surface area contributed by atoms with Gasteiger partial charge in [-0.15, -0.1) is 5.10 Å². The lowest BCUT2D eigenvalue weighted by atomic mass is 9.82. The van der Waals surface area contributed by atoms with Gasteiger partial charge in [0.25, 0.3) is 11.8 Å². The van der Waals surface area contributed by atoms with Crippen molar-refractivity contribution in [3.63, 3.8) is 0 Å². The van der Waals surface area contributed by atoms with Crippen LogP contribution < -0.4 is 29.9 Å². The van der Waals surface area contributed by atoms with Gasteiger partial charge >= 0.3 is 0 Å². The lowest BCUT2D eigenvalue weighted by Gasteiger charge is -2.39. The number of ether oxygens (including phenoxy) is 2. The molecule has 4 aliphatic heterocycles. The van der Waals surface area contributed by atoms with Gasteiger partial charge in [-0.05, 0) is 85.9 Å². The van der Waals surface area contributed by atoms with Crippen molar-refractivity contribution < 1.29 is 24.2 Å². The van der Waals surface area contributed by atoms with Crippen LogP contribution in [-0.4, -0.2) is 85.1 Å². The van der Waals surface area contributed by atoms with E-state index in [1.807, 2.05) is 81.3 Å². The lowest BCUT2D eigenvalue weighted by molar-refractivity contribution is -0.146. The van der Waals surface area contributed by atoms with Crippen molar-refractivity contribution in [1.82, 2.24) is 20.3 Å². The van der Waals surface area contributed by atoms with Crippen LogP contribution >= 0.6 is 0 Å². The number of carbonyl (C=O) groups excluding carboxylic acids is 2. The van der Waals surface area contributed by atoms with Gasteiger partial charge in [-0.1, -0.05) is 91.1 Å². The molecule has 9 rings (SSSR count). The first-order valence-electron chi connectivity index (χ1n) is 21.3. The summed E-state index contributed by atoms with van der Waals surface area (Å²) in [5, 5.41) is 22.9. The van der Waals surface area contributed by atoms with Gasteiger partial charge in [0, 0.05) is 48.6 Å². The molecule has 4 aliphatic rings. The molecule has 0 aliphatic carbocycles. The average Bonchev–Trinajstić information content (AvgIpc) is 3.99. The monoisotopic (exact) mass is 825 g/mol. The van der Waals surface area contributed by atoms with Crippen molar-refractivity contribution in [2.24, 2.45) is 5.92 Å². The average molecular weight is 826 g/mol. The van der Waals surface area contributed by atoms with E-state index >= 15 is 4.79 Å². The Morgan fingerprint density at radius 1 is 0.917 bits per heavy atom. The molecule has 2 amide bonds. The second kappa shape index (κ2) is 15.9. The zero-order valence-electron chi connectivity index (χ0n) is 35.0. The molecule has 3 fully saturated rings. The van der Waals surface area contributed by atoms with Crippen LogP contribution in [0, 0.1) is 5.92 Å². The fraction of sp³-hybridized carbons (Fsp3) is 0.404. The summed E-state index contributed by atoms with van der Waals surface area (Å²) in [5.41, 5.74) is 3.23. The quantitative estimate of drug-likeness (QED) is 0.155. The van der Waals surface area contributed by atoms with E-state index in [1.165, 1.54) is 5.19 Å². The summed E-state index contributed by atoms with van der Waals surface area (Å²) in [6.07, 6.45) is 4.04. The van der Waals surface area contributed by atoms with Crippen LogP contribution in [0.5, 0.6) is 5.75 Å². The maximum atomic E-state index is 15.6. The molecule has 2 spiro atoms. The number of para-hydroxylation sites is 1. The Labute approximate surface area is 353 Å². The number of piperidine rings is 1. The molecule has 60 heavy (non-hydrogen) atoms. The van der Waals surface area contributed by atoms with Crippen molar-refractivity contribution >= 4 is 42.1 Å². The minimum atomic E-state index is -2.42. The Morgan fingerprint density at radius 2 is 1.63 bits per heavy atom. The van der Waals surface area contributed by atoms with Crippen molar-refractivity contribution in [3.05, 3.63) is 126 Å². The van der Waals surface area contributed by atoms with Gasteiger partial charge in [0.05, 0.1) is 45.9 Å². The lowest BCUT2D eigenvalue weighted by Crippen LogP contribution is -2.55. The highest BCUT2D eigenvalue weighted by Gasteiger charge is 2.66. The highest BCUT2D eigenvalue weighted by atomic mass is 28.3. The number of fused-ring (bicyclic) bond motifs is 2. The van der Waals surface area contributed by atoms with E-state index in [0.717, 1.165) is 52.7 Å². The number of aliphatic hydroxyl groups excluding tert-OH is 1. The highest BCUT2D eigenvalue weighted by Crippen LogP contribution is 2.61. The Bertz CT molecular complexity index is 2340. The van der Waals surface area contributed by atoms with E-state index in [9.17, 15) is 9.90 Å². The highest BCUT2D eigenvalue weighted by molar-refractivity contribution is 6.91. The first kappa shape index (κ1) is 40.1. The van der Waals surface area contributed by atoms with Gasteiger partial charge < -0.3 is 29.7 Å². The number of hydrogen-bond acceptors (Lipinski definition) is 9. The fourth-order valence-electron chi connectivity index (χ4n) is 10.8. The number of aromatic nitrogens is 3. The van der Waals surface area contributed by atoms with Gasteiger partial charge in [0.15, 0.2) is 5.60 Å². The molecule has 1 aromatic heterocycles. The number of aryl methyl sites for hydroxylation is 1. The number of methoxy groups -OCH3 is 1. The molecule has 2 N–H and O–H groups in total. The fourth-order valence-corrected chi connectivity index (χ4v) is 14.8. The van der Waals surface area contributed by atoms with E-state index in [-0.39, 0.29) is 36.0 Å².